The molecule has 0 saturated carbocycles. The van der Waals surface area contributed by atoms with Crippen LogP contribution in [0, 0.1) is 0 Å². The van der Waals surface area contributed by atoms with Gasteiger partial charge in [0.1, 0.15) is 12.4 Å². The highest BCUT2D eigenvalue weighted by Gasteiger charge is 2.14. The normalized spacial score (nSPS) is 11.4. The molecule has 0 heterocycles. The Balaban J connectivity index is 4.31. The maximum Gasteiger partial charge on any atom is 0.306 e. The summed E-state index contributed by atoms with van der Waals surface area (Å²) >= 11 is 0. The van der Waals surface area contributed by atoms with Crippen LogP contribution in [0.25, 0.3) is 0 Å². The Morgan fingerprint density at radius 2 is 1.04 bits per heavy atom. The topological polar surface area (TPSA) is 87.2 Å². The summed E-state index contributed by atoms with van der Waals surface area (Å²) in [6, 6.07) is 0. The summed E-state index contributed by atoms with van der Waals surface area (Å²) in [6.07, 6.45) is 31.4. The first-order chi connectivity index (χ1) is 21.9. The van der Waals surface area contributed by atoms with Crippen molar-refractivity contribution in [1.82, 2.24) is 9.96 Å². The monoisotopic (exact) mass is 639 g/mol. The van der Waals surface area contributed by atoms with Crippen molar-refractivity contribution in [2.75, 3.05) is 26.2 Å². The van der Waals surface area contributed by atoms with Gasteiger partial charge in [-0.1, -0.05) is 117 Å². The molecule has 1 amide bonds. The SMILES string of the molecule is CCCCCCCCC(CCCCCCCC)OC(=O)CCCCCCCN(CCCCCCCC=O)CCCN(O)C(C)=O. The van der Waals surface area contributed by atoms with E-state index in [2.05, 4.69) is 18.7 Å². The number of carbonyl (C=O) groups excluding carboxylic acids is 3. The second-order valence-electron chi connectivity index (χ2n) is 13.3. The molecule has 1 N–H and O–H groups in total. The zero-order valence-corrected chi connectivity index (χ0v) is 30.0. The molecule has 266 valence electrons. The number of esters is 1. The summed E-state index contributed by atoms with van der Waals surface area (Å²) in [6.45, 7) is 9.19. The number of ether oxygens (including phenoxy) is 1. The number of carbonyl (C=O) groups is 3. The van der Waals surface area contributed by atoms with Crippen LogP contribution in [0.5, 0.6) is 0 Å². The number of aldehydes is 1. The third-order valence-electron chi connectivity index (χ3n) is 8.92. The first-order valence-corrected chi connectivity index (χ1v) is 19.3. The molecule has 0 saturated heterocycles. The molecular formula is C38H74N2O5. The fourth-order valence-corrected chi connectivity index (χ4v) is 5.98. The Morgan fingerprint density at radius 3 is 1.56 bits per heavy atom. The third kappa shape index (κ3) is 30.9. The van der Waals surface area contributed by atoms with Gasteiger partial charge in [0, 0.05) is 26.3 Å². The second-order valence-corrected chi connectivity index (χ2v) is 13.3. The van der Waals surface area contributed by atoms with Gasteiger partial charge in [-0.25, -0.2) is 5.06 Å². The highest BCUT2D eigenvalue weighted by atomic mass is 16.5. The molecule has 0 radical (unpaired) electrons. The van der Waals surface area contributed by atoms with E-state index >= 15 is 0 Å². The molecule has 0 rings (SSSR count). The lowest BCUT2D eigenvalue weighted by Crippen LogP contribution is -2.32. The van der Waals surface area contributed by atoms with E-state index in [1.165, 1.54) is 90.4 Å². The van der Waals surface area contributed by atoms with Crippen LogP contribution >= 0.6 is 0 Å². The van der Waals surface area contributed by atoms with E-state index in [1.807, 2.05) is 0 Å². The van der Waals surface area contributed by atoms with E-state index < -0.39 is 0 Å². The van der Waals surface area contributed by atoms with Crippen LogP contribution in [0.15, 0.2) is 0 Å². The first-order valence-electron chi connectivity index (χ1n) is 19.3. The minimum Gasteiger partial charge on any atom is -0.462 e. The first kappa shape index (κ1) is 43.5. The molecule has 0 bridgehead atoms. The Labute approximate surface area is 278 Å². The average Bonchev–Trinajstić information content (AvgIpc) is 3.02. The molecule has 7 nitrogen and oxygen atoms in total. The predicted molar refractivity (Wildman–Crippen MR) is 188 cm³/mol. The van der Waals surface area contributed by atoms with Crippen molar-refractivity contribution in [3.8, 4) is 0 Å². The molecule has 0 aromatic carbocycles. The van der Waals surface area contributed by atoms with E-state index in [-0.39, 0.29) is 18.0 Å². The average molecular weight is 639 g/mol. The smallest absolute Gasteiger partial charge is 0.306 e. The lowest BCUT2D eigenvalue weighted by molar-refractivity contribution is -0.163. The van der Waals surface area contributed by atoms with E-state index in [1.54, 1.807) is 0 Å². The van der Waals surface area contributed by atoms with Gasteiger partial charge in [0.05, 0.1) is 0 Å². The molecule has 45 heavy (non-hydrogen) atoms. The number of hydroxylamine groups is 2. The van der Waals surface area contributed by atoms with Gasteiger partial charge in [0.2, 0.25) is 5.91 Å². The summed E-state index contributed by atoms with van der Waals surface area (Å²) in [7, 11) is 0. The van der Waals surface area contributed by atoms with Gasteiger partial charge in [-0.15, -0.1) is 0 Å². The van der Waals surface area contributed by atoms with E-state index in [9.17, 15) is 19.6 Å². The highest BCUT2D eigenvalue weighted by Crippen LogP contribution is 2.18. The number of rotatable bonds is 35. The van der Waals surface area contributed by atoms with Crippen LogP contribution in [0.1, 0.15) is 194 Å². The molecule has 0 fully saturated rings. The van der Waals surface area contributed by atoms with Gasteiger partial charge in [-0.05, 0) is 77.4 Å². The summed E-state index contributed by atoms with van der Waals surface area (Å²) in [5, 5.41) is 10.5. The molecule has 0 aromatic heterocycles. The minimum atomic E-state index is -0.313. The lowest BCUT2D eigenvalue weighted by Gasteiger charge is -2.23. The Hall–Kier alpha value is -1.47. The van der Waals surface area contributed by atoms with E-state index in [4.69, 9.17) is 4.74 Å². The zero-order valence-electron chi connectivity index (χ0n) is 30.0. The standard InChI is InChI=1S/C38H74N2O5/c1-4-6-8-10-15-21-28-37(29-22-16-11-9-7-5-2)45-38(43)30-23-17-14-19-25-32-39(33-27-34-40(44)36(3)42)31-24-18-12-13-20-26-35-41/h35,37,44H,4-34H2,1-3H3. The van der Waals surface area contributed by atoms with E-state index in [0.29, 0.717) is 19.4 Å². The third-order valence-corrected chi connectivity index (χ3v) is 8.92. The molecule has 7 heteroatoms. The lowest BCUT2D eigenvalue weighted by atomic mass is 10.0. The molecular weight excluding hydrogens is 564 g/mol. The number of amides is 1. The van der Waals surface area contributed by atoms with Crippen LogP contribution in [0.2, 0.25) is 0 Å². The van der Waals surface area contributed by atoms with Gasteiger partial charge in [0.15, 0.2) is 0 Å². The summed E-state index contributed by atoms with van der Waals surface area (Å²) in [5.41, 5.74) is 0. The minimum absolute atomic E-state index is 0.00205. The number of unbranched alkanes of at least 4 members (excludes halogenated alkanes) is 19. The molecule has 0 aliphatic carbocycles. The van der Waals surface area contributed by atoms with Crippen LogP contribution < -0.4 is 0 Å². The van der Waals surface area contributed by atoms with Crippen molar-refractivity contribution in [3.05, 3.63) is 0 Å². The fraction of sp³-hybridized carbons (Fsp3) is 0.921. The van der Waals surface area contributed by atoms with Gasteiger partial charge in [0.25, 0.3) is 0 Å². The van der Waals surface area contributed by atoms with Crippen molar-refractivity contribution in [2.24, 2.45) is 0 Å². The maximum absolute atomic E-state index is 12.7. The quantitative estimate of drug-likeness (QED) is 0.0244. The van der Waals surface area contributed by atoms with Crippen LogP contribution in [-0.4, -0.2) is 65.6 Å². The summed E-state index contributed by atoms with van der Waals surface area (Å²) in [4.78, 5) is 36.9. The Bertz CT molecular complexity index is 659. The van der Waals surface area contributed by atoms with Crippen molar-refractivity contribution in [1.29, 1.82) is 0 Å². The molecule has 0 aliphatic heterocycles. The summed E-state index contributed by atoms with van der Waals surface area (Å²) < 4.78 is 6.00. The second kappa shape index (κ2) is 33.9. The van der Waals surface area contributed by atoms with Crippen molar-refractivity contribution >= 4 is 18.2 Å². The zero-order chi connectivity index (χ0) is 33.2. The number of hydrogen-bond acceptors (Lipinski definition) is 6. The largest absolute Gasteiger partial charge is 0.462 e. The molecule has 0 aromatic rings. The van der Waals surface area contributed by atoms with Crippen LogP contribution in [-0.2, 0) is 19.1 Å². The van der Waals surface area contributed by atoms with Crippen LogP contribution in [0.3, 0.4) is 0 Å². The Morgan fingerprint density at radius 1 is 0.600 bits per heavy atom. The molecule has 0 atom stereocenters. The maximum atomic E-state index is 12.7. The van der Waals surface area contributed by atoms with Crippen molar-refractivity contribution < 1.29 is 24.3 Å². The number of nitrogens with zero attached hydrogens (tertiary/aromatic N) is 2. The predicted octanol–water partition coefficient (Wildman–Crippen LogP) is 10.2. The molecule has 0 spiro atoms. The van der Waals surface area contributed by atoms with Gasteiger partial charge in [-0.3, -0.25) is 14.8 Å². The molecule has 0 aliphatic rings. The molecule has 0 unspecified atom stereocenters. The summed E-state index contributed by atoms with van der Waals surface area (Å²) in [5.74, 6) is -0.315. The van der Waals surface area contributed by atoms with Crippen molar-refractivity contribution in [2.45, 2.75) is 200 Å². The fourth-order valence-electron chi connectivity index (χ4n) is 5.98. The van der Waals surface area contributed by atoms with Crippen LogP contribution in [0.4, 0.5) is 0 Å². The van der Waals surface area contributed by atoms with Crippen molar-refractivity contribution in [3.63, 3.8) is 0 Å². The Kier molecular flexibility index (Phi) is 32.8. The van der Waals surface area contributed by atoms with Gasteiger partial charge in [-0.2, -0.15) is 0 Å². The number of hydrogen-bond donors (Lipinski definition) is 1. The van der Waals surface area contributed by atoms with Gasteiger partial charge < -0.3 is 14.4 Å². The van der Waals surface area contributed by atoms with E-state index in [0.717, 1.165) is 108 Å². The highest BCUT2D eigenvalue weighted by molar-refractivity contribution is 5.71. The van der Waals surface area contributed by atoms with Gasteiger partial charge >= 0.3 is 5.97 Å².